The smallest absolute Gasteiger partial charge is 0.387 e. The fourth-order valence-electron chi connectivity index (χ4n) is 3.20. The molecule has 0 radical (unpaired) electrons. The number of alkyl halides is 2. The zero-order chi connectivity index (χ0) is 20.6. The van der Waals surface area contributed by atoms with Gasteiger partial charge in [0, 0.05) is 44.0 Å². The molecule has 1 fully saturated rings. The Balaban J connectivity index is 1.68. The standard InChI is InChI=1S/C22H24F2N2O3/c1-25(16-18-7-2-4-8-19(18)26-12-14-28-15-13-26)21(27)11-10-17-6-3-5-9-20(17)29-22(23)24/h2-11,22H,12-16H2,1H3. The van der Waals surface area contributed by atoms with Crippen molar-refractivity contribution < 1.29 is 23.0 Å². The fourth-order valence-corrected chi connectivity index (χ4v) is 3.20. The van der Waals surface area contributed by atoms with Crippen LogP contribution in [0.2, 0.25) is 0 Å². The molecule has 2 aromatic carbocycles. The summed E-state index contributed by atoms with van der Waals surface area (Å²) in [6.07, 6.45) is 2.86. The van der Waals surface area contributed by atoms with Crippen LogP contribution in [-0.4, -0.2) is 50.8 Å². The topological polar surface area (TPSA) is 42.0 Å². The normalized spacial score (nSPS) is 14.4. The number of likely N-dealkylation sites (N-methyl/N-ethyl adjacent to an activating group) is 1. The van der Waals surface area contributed by atoms with Gasteiger partial charge in [0.1, 0.15) is 5.75 Å². The number of anilines is 1. The number of morpholine rings is 1. The lowest BCUT2D eigenvalue weighted by Gasteiger charge is -2.31. The van der Waals surface area contributed by atoms with Crippen LogP contribution in [-0.2, 0) is 16.1 Å². The van der Waals surface area contributed by atoms with E-state index in [4.69, 9.17) is 4.74 Å². The van der Waals surface area contributed by atoms with Gasteiger partial charge in [-0.25, -0.2) is 0 Å². The predicted octanol–water partition coefficient (Wildman–Crippen LogP) is 3.80. The monoisotopic (exact) mass is 402 g/mol. The van der Waals surface area contributed by atoms with E-state index in [0.29, 0.717) is 25.3 Å². The molecule has 29 heavy (non-hydrogen) atoms. The number of rotatable bonds is 7. The maximum absolute atomic E-state index is 12.6. The molecule has 0 bridgehead atoms. The average Bonchev–Trinajstić information content (AvgIpc) is 2.73. The zero-order valence-electron chi connectivity index (χ0n) is 16.3. The van der Waals surface area contributed by atoms with Gasteiger partial charge in [0.2, 0.25) is 5.91 Å². The molecule has 0 unspecified atom stereocenters. The summed E-state index contributed by atoms with van der Waals surface area (Å²) in [7, 11) is 1.71. The third-order valence-corrected chi connectivity index (χ3v) is 4.67. The lowest BCUT2D eigenvalue weighted by atomic mass is 10.1. The van der Waals surface area contributed by atoms with Gasteiger partial charge in [-0.2, -0.15) is 8.78 Å². The Morgan fingerprint density at radius 3 is 2.62 bits per heavy atom. The van der Waals surface area contributed by atoms with Gasteiger partial charge in [-0.1, -0.05) is 36.4 Å². The Kier molecular flexibility index (Phi) is 7.19. The van der Waals surface area contributed by atoms with Crippen molar-refractivity contribution >= 4 is 17.7 Å². The van der Waals surface area contributed by atoms with E-state index >= 15 is 0 Å². The van der Waals surface area contributed by atoms with Crippen molar-refractivity contribution in [2.75, 3.05) is 38.3 Å². The van der Waals surface area contributed by atoms with Crippen molar-refractivity contribution in [2.45, 2.75) is 13.2 Å². The van der Waals surface area contributed by atoms with Crippen molar-refractivity contribution in [1.29, 1.82) is 0 Å². The van der Waals surface area contributed by atoms with Crippen molar-refractivity contribution in [1.82, 2.24) is 4.90 Å². The van der Waals surface area contributed by atoms with Crippen molar-refractivity contribution in [3.8, 4) is 5.75 Å². The predicted molar refractivity (Wildman–Crippen MR) is 108 cm³/mol. The molecule has 5 nitrogen and oxygen atoms in total. The van der Waals surface area contributed by atoms with Gasteiger partial charge in [-0.3, -0.25) is 4.79 Å². The molecular formula is C22H24F2N2O3. The van der Waals surface area contributed by atoms with E-state index < -0.39 is 6.61 Å². The lowest BCUT2D eigenvalue weighted by Crippen LogP contribution is -2.37. The quantitative estimate of drug-likeness (QED) is 0.661. The van der Waals surface area contributed by atoms with Gasteiger partial charge in [0.25, 0.3) is 0 Å². The number of hydrogen-bond donors (Lipinski definition) is 0. The molecular weight excluding hydrogens is 378 g/mol. The minimum atomic E-state index is -2.92. The van der Waals surface area contributed by atoms with Crippen molar-refractivity contribution in [3.63, 3.8) is 0 Å². The average molecular weight is 402 g/mol. The summed E-state index contributed by atoms with van der Waals surface area (Å²) in [6.45, 7) is 0.522. The maximum atomic E-state index is 12.6. The zero-order valence-corrected chi connectivity index (χ0v) is 16.3. The molecule has 1 aliphatic rings. The fraction of sp³-hybridized carbons (Fsp3) is 0.318. The Morgan fingerprint density at radius 1 is 1.17 bits per heavy atom. The molecule has 7 heteroatoms. The maximum Gasteiger partial charge on any atom is 0.387 e. The van der Waals surface area contributed by atoms with Gasteiger partial charge in [-0.15, -0.1) is 0 Å². The first-order valence-corrected chi connectivity index (χ1v) is 9.42. The van der Waals surface area contributed by atoms with E-state index in [1.165, 1.54) is 18.2 Å². The third kappa shape index (κ3) is 5.77. The van der Waals surface area contributed by atoms with Crippen LogP contribution in [0.25, 0.3) is 6.08 Å². The molecule has 1 saturated heterocycles. The first-order chi connectivity index (χ1) is 14.0. The van der Waals surface area contributed by atoms with E-state index in [2.05, 4.69) is 9.64 Å². The molecule has 3 rings (SSSR count). The van der Waals surface area contributed by atoms with Crippen LogP contribution in [0, 0.1) is 0 Å². The lowest BCUT2D eigenvalue weighted by molar-refractivity contribution is -0.125. The molecule has 0 aliphatic carbocycles. The first-order valence-electron chi connectivity index (χ1n) is 9.42. The molecule has 154 valence electrons. The molecule has 1 amide bonds. The first kappa shape index (κ1) is 20.8. The summed E-state index contributed by atoms with van der Waals surface area (Å²) in [4.78, 5) is 16.4. The van der Waals surface area contributed by atoms with Crippen LogP contribution >= 0.6 is 0 Å². The van der Waals surface area contributed by atoms with E-state index in [0.717, 1.165) is 24.3 Å². The number of para-hydroxylation sites is 2. The molecule has 0 atom stereocenters. The second-order valence-corrected chi connectivity index (χ2v) is 6.67. The summed E-state index contributed by atoms with van der Waals surface area (Å²) in [5, 5.41) is 0. The second kappa shape index (κ2) is 10.0. The molecule has 0 aromatic heterocycles. The summed E-state index contributed by atoms with van der Waals surface area (Å²) in [5.41, 5.74) is 2.55. The Bertz CT molecular complexity index is 851. The molecule has 0 spiro atoms. The van der Waals surface area contributed by atoms with E-state index in [1.807, 2.05) is 24.3 Å². The SMILES string of the molecule is CN(Cc1ccccc1N1CCOCC1)C(=O)C=Cc1ccccc1OC(F)F. The largest absolute Gasteiger partial charge is 0.434 e. The highest BCUT2D eigenvalue weighted by molar-refractivity contribution is 5.92. The Morgan fingerprint density at radius 2 is 1.86 bits per heavy atom. The highest BCUT2D eigenvalue weighted by Gasteiger charge is 2.16. The number of halogens is 2. The highest BCUT2D eigenvalue weighted by atomic mass is 19.3. The van der Waals surface area contributed by atoms with E-state index in [1.54, 1.807) is 30.1 Å². The third-order valence-electron chi connectivity index (χ3n) is 4.67. The number of benzene rings is 2. The molecule has 1 aliphatic heterocycles. The van der Waals surface area contributed by atoms with Crippen LogP contribution in [0.3, 0.4) is 0 Å². The number of carbonyl (C=O) groups excluding carboxylic acids is 1. The van der Waals surface area contributed by atoms with E-state index in [9.17, 15) is 13.6 Å². The van der Waals surface area contributed by atoms with Crippen LogP contribution < -0.4 is 9.64 Å². The Hall–Kier alpha value is -2.93. The van der Waals surface area contributed by atoms with Crippen molar-refractivity contribution in [3.05, 3.63) is 65.7 Å². The number of amides is 1. The van der Waals surface area contributed by atoms with Crippen LogP contribution in [0.4, 0.5) is 14.5 Å². The van der Waals surface area contributed by atoms with Crippen LogP contribution in [0.1, 0.15) is 11.1 Å². The van der Waals surface area contributed by atoms with Gasteiger partial charge < -0.3 is 19.3 Å². The van der Waals surface area contributed by atoms with Gasteiger partial charge >= 0.3 is 6.61 Å². The minimum absolute atomic E-state index is 0.0341. The van der Waals surface area contributed by atoms with Crippen LogP contribution in [0.15, 0.2) is 54.6 Å². The van der Waals surface area contributed by atoms with Gasteiger partial charge in [-0.05, 0) is 23.8 Å². The van der Waals surface area contributed by atoms with Gasteiger partial charge in [0.15, 0.2) is 0 Å². The number of hydrogen-bond acceptors (Lipinski definition) is 4. The summed E-state index contributed by atoms with van der Waals surface area (Å²) >= 11 is 0. The summed E-state index contributed by atoms with van der Waals surface area (Å²) in [5.74, 6) is -0.194. The summed E-state index contributed by atoms with van der Waals surface area (Å²) < 4.78 is 35.0. The highest BCUT2D eigenvalue weighted by Crippen LogP contribution is 2.24. The molecule has 0 saturated carbocycles. The second-order valence-electron chi connectivity index (χ2n) is 6.67. The molecule has 1 heterocycles. The number of nitrogens with zero attached hydrogens (tertiary/aromatic N) is 2. The molecule has 2 aromatic rings. The number of ether oxygens (including phenoxy) is 2. The van der Waals surface area contributed by atoms with Crippen LogP contribution in [0.5, 0.6) is 5.75 Å². The minimum Gasteiger partial charge on any atom is -0.434 e. The van der Waals surface area contributed by atoms with E-state index in [-0.39, 0.29) is 11.7 Å². The van der Waals surface area contributed by atoms with Gasteiger partial charge in [0.05, 0.1) is 13.2 Å². The number of carbonyl (C=O) groups is 1. The molecule has 0 N–H and O–H groups in total. The Labute approximate surface area is 169 Å². The van der Waals surface area contributed by atoms with Crippen molar-refractivity contribution in [2.24, 2.45) is 0 Å². The summed E-state index contributed by atoms with van der Waals surface area (Å²) in [6, 6.07) is 14.3.